The molecular weight excluding hydrogens is 230 g/mol. The molecule has 1 aromatic carbocycles. The molecule has 0 radical (unpaired) electrons. The summed E-state index contributed by atoms with van der Waals surface area (Å²) < 4.78 is 0. The van der Waals surface area contributed by atoms with Crippen molar-refractivity contribution < 1.29 is 0 Å². The zero-order valence-corrected chi connectivity index (χ0v) is 9.28. The zero-order valence-electron chi connectivity index (χ0n) is 9.28. The number of aromatic nitrogens is 4. The van der Waals surface area contributed by atoms with Gasteiger partial charge >= 0.3 is 0 Å². The smallest absolute Gasteiger partial charge is 0.205 e. The van der Waals surface area contributed by atoms with Gasteiger partial charge in [-0.3, -0.25) is 5.43 Å². The number of hydrogen-bond donors (Lipinski definition) is 2. The molecule has 0 aliphatic rings. The molecule has 0 aliphatic heterocycles. The summed E-state index contributed by atoms with van der Waals surface area (Å²) in [5.74, 6) is 0.445. The second-order valence-electron chi connectivity index (χ2n) is 3.48. The molecule has 2 N–H and O–H groups in total. The van der Waals surface area contributed by atoms with Crippen LogP contribution in [-0.2, 0) is 0 Å². The minimum atomic E-state index is 0.445. The maximum Gasteiger partial charge on any atom is 0.205 e. The fourth-order valence-electron chi connectivity index (χ4n) is 1.47. The van der Waals surface area contributed by atoms with Crippen LogP contribution >= 0.6 is 0 Å². The van der Waals surface area contributed by atoms with Crippen molar-refractivity contribution >= 4 is 22.7 Å². The Hall–Kier alpha value is -2.83. The van der Waals surface area contributed by atoms with Crippen molar-refractivity contribution in [2.24, 2.45) is 10.3 Å². The van der Waals surface area contributed by atoms with E-state index in [-0.39, 0.29) is 0 Å². The number of H-pyrrole nitrogens is 1. The van der Waals surface area contributed by atoms with Gasteiger partial charge in [0.05, 0.1) is 12.0 Å². The molecule has 7 heteroatoms. The molecule has 0 aliphatic carbocycles. The third kappa shape index (κ3) is 2.01. The van der Waals surface area contributed by atoms with Gasteiger partial charge in [-0.1, -0.05) is 23.4 Å². The molecule has 18 heavy (non-hydrogen) atoms. The molecule has 0 atom stereocenters. The number of benzene rings is 1. The second kappa shape index (κ2) is 4.58. The fourth-order valence-corrected chi connectivity index (χ4v) is 1.47. The maximum atomic E-state index is 4.03. The predicted octanol–water partition coefficient (Wildman–Crippen LogP) is 2.46. The normalized spacial score (nSPS) is 11.1. The van der Waals surface area contributed by atoms with Gasteiger partial charge in [-0.2, -0.15) is 0 Å². The van der Waals surface area contributed by atoms with Crippen LogP contribution in [0.15, 0.2) is 53.3 Å². The lowest BCUT2D eigenvalue weighted by molar-refractivity contribution is 1.08. The summed E-state index contributed by atoms with van der Waals surface area (Å²) in [6, 6.07) is 9.54. The third-order valence-electron chi connectivity index (χ3n) is 2.30. The zero-order chi connectivity index (χ0) is 12.2. The average Bonchev–Trinajstić information content (AvgIpc) is 2.89. The van der Waals surface area contributed by atoms with Crippen molar-refractivity contribution in [2.45, 2.75) is 0 Å². The molecule has 88 valence electrons. The Kier molecular flexibility index (Phi) is 2.63. The van der Waals surface area contributed by atoms with Gasteiger partial charge < -0.3 is 4.98 Å². The molecule has 2 heterocycles. The Morgan fingerprint density at radius 3 is 2.83 bits per heavy atom. The molecule has 0 bridgehead atoms. The first-order valence-electron chi connectivity index (χ1n) is 5.29. The highest BCUT2D eigenvalue weighted by Crippen LogP contribution is 2.18. The summed E-state index contributed by atoms with van der Waals surface area (Å²) in [6.07, 6.45) is 2.95. The molecule has 0 saturated carbocycles. The molecule has 0 saturated heterocycles. The van der Waals surface area contributed by atoms with E-state index in [9.17, 15) is 0 Å². The van der Waals surface area contributed by atoms with Gasteiger partial charge in [0.1, 0.15) is 11.8 Å². The summed E-state index contributed by atoms with van der Waals surface area (Å²) in [5.41, 5.74) is 4.90. The lowest BCUT2D eigenvalue weighted by Crippen LogP contribution is -1.86. The molecule has 3 rings (SSSR count). The Balaban J connectivity index is 1.82. The number of rotatable bonds is 3. The number of anilines is 1. The van der Waals surface area contributed by atoms with E-state index in [4.69, 9.17) is 0 Å². The van der Waals surface area contributed by atoms with Crippen molar-refractivity contribution in [1.29, 1.82) is 0 Å². The molecule has 0 fully saturated rings. The van der Waals surface area contributed by atoms with Gasteiger partial charge in [0.2, 0.25) is 5.82 Å². The molecule has 3 aromatic rings. The van der Waals surface area contributed by atoms with E-state index in [0.29, 0.717) is 17.0 Å². The van der Waals surface area contributed by atoms with Crippen LogP contribution in [0.4, 0.5) is 11.5 Å². The van der Waals surface area contributed by atoms with E-state index < -0.39 is 0 Å². The van der Waals surface area contributed by atoms with Gasteiger partial charge in [-0.15, -0.1) is 5.11 Å². The summed E-state index contributed by atoms with van der Waals surface area (Å²) in [4.78, 5) is 15.0. The van der Waals surface area contributed by atoms with E-state index >= 15 is 0 Å². The van der Waals surface area contributed by atoms with Crippen LogP contribution in [0.3, 0.4) is 0 Å². The average molecular weight is 239 g/mol. The van der Waals surface area contributed by atoms with Crippen molar-refractivity contribution in [1.82, 2.24) is 19.9 Å². The Morgan fingerprint density at radius 1 is 1.06 bits per heavy atom. The standard InChI is InChI=1S/C11H9N7/c1-2-4-8(5-3-1)16-18-17-11-9-10(13-6-12-9)14-7-15-11/h1-7H,(H2,12,13,14,15,16,17). The van der Waals surface area contributed by atoms with Crippen LogP contribution in [-0.4, -0.2) is 19.9 Å². The number of nitrogens with one attached hydrogen (secondary N) is 2. The Morgan fingerprint density at radius 2 is 1.94 bits per heavy atom. The number of para-hydroxylation sites is 1. The molecule has 0 spiro atoms. The first-order valence-corrected chi connectivity index (χ1v) is 5.29. The van der Waals surface area contributed by atoms with E-state index in [1.807, 2.05) is 30.3 Å². The number of aromatic amines is 1. The van der Waals surface area contributed by atoms with E-state index in [2.05, 4.69) is 35.7 Å². The monoisotopic (exact) mass is 239 g/mol. The predicted molar refractivity (Wildman–Crippen MR) is 66.3 cm³/mol. The van der Waals surface area contributed by atoms with Crippen molar-refractivity contribution in [3.05, 3.63) is 43.0 Å². The van der Waals surface area contributed by atoms with E-state index in [1.54, 1.807) is 6.33 Å². The number of fused-ring (bicyclic) bond motifs is 1. The summed E-state index contributed by atoms with van der Waals surface area (Å²) >= 11 is 0. The van der Waals surface area contributed by atoms with E-state index in [0.717, 1.165) is 5.69 Å². The van der Waals surface area contributed by atoms with Gasteiger partial charge in [0, 0.05) is 0 Å². The van der Waals surface area contributed by atoms with Crippen LogP contribution in [0.5, 0.6) is 0 Å². The van der Waals surface area contributed by atoms with Crippen LogP contribution in [0.1, 0.15) is 0 Å². The van der Waals surface area contributed by atoms with Gasteiger partial charge in [-0.25, -0.2) is 15.0 Å². The number of hydrogen-bond acceptors (Lipinski definition) is 5. The third-order valence-corrected chi connectivity index (χ3v) is 2.30. The Bertz CT molecular complexity index is 674. The molecule has 2 aromatic heterocycles. The minimum absolute atomic E-state index is 0.445. The van der Waals surface area contributed by atoms with Crippen molar-refractivity contribution in [3.8, 4) is 0 Å². The quantitative estimate of drug-likeness (QED) is 0.542. The van der Waals surface area contributed by atoms with Gasteiger partial charge in [0.25, 0.3) is 0 Å². The molecule has 0 unspecified atom stereocenters. The summed E-state index contributed by atoms with van der Waals surface area (Å²) in [5, 5.41) is 7.87. The minimum Gasteiger partial charge on any atom is -0.340 e. The van der Waals surface area contributed by atoms with Crippen LogP contribution < -0.4 is 5.43 Å². The topological polar surface area (TPSA) is 91.2 Å². The largest absolute Gasteiger partial charge is 0.340 e. The van der Waals surface area contributed by atoms with Gasteiger partial charge in [-0.05, 0) is 12.1 Å². The van der Waals surface area contributed by atoms with E-state index in [1.165, 1.54) is 6.33 Å². The first kappa shape index (κ1) is 10.3. The maximum absolute atomic E-state index is 4.03. The van der Waals surface area contributed by atoms with Crippen molar-refractivity contribution in [3.63, 3.8) is 0 Å². The molecular formula is C11H9N7. The first-order chi connectivity index (χ1) is 8.93. The van der Waals surface area contributed by atoms with Crippen LogP contribution in [0.25, 0.3) is 11.2 Å². The highest BCUT2D eigenvalue weighted by atomic mass is 15.4. The Labute approximate surface area is 102 Å². The van der Waals surface area contributed by atoms with Crippen LogP contribution in [0.2, 0.25) is 0 Å². The fraction of sp³-hybridized carbons (Fsp3) is 0. The SMILES string of the molecule is c1ccc(NN=Nc2ncnc3nc[nH]c23)cc1. The van der Waals surface area contributed by atoms with Crippen molar-refractivity contribution in [2.75, 3.05) is 5.43 Å². The summed E-state index contributed by atoms with van der Waals surface area (Å²) in [7, 11) is 0. The lowest BCUT2D eigenvalue weighted by Gasteiger charge is -1.97. The lowest BCUT2D eigenvalue weighted by atomic mass is 10.3. The highest BCUT2D eigenvalue weighted by Gasteiger charge is 2.03. The van der Waals surface area contributed by atoms with Crippen LogP contribution in [0, 0.1) is 0 Å². The van der Waals surface area contributed by atoms with Gasteiger partial charge in [0.15, 0.2) is 5.65 Å². The summed E-state index contributed by atoms with van der Waals surface area (Å²) in [6.45, 7) is 0. The molecule has 0 amide bonds. The highest BCUT2D eigenvalue weighted by molar-refractivity contribution is 5.79. The number of imidazole rings is 1. The number of nitrogens with zero attached hydrogens (tertiary/aromatic N) is 5. The second-order valence-corrected chi connectivity index (χ2v) is 3.48. The molecule has 7 nitrogen and oxygen atoms in total.